The Hall–Kier alpha value is -2.70. The van der Waals surface area contributed by atoms with Crippen LogP contribution in [0.25, 0.3) is 5.69 Å². The van der Waals surface area contributed by atoms with Crippen LogP contribution < -0.4 is 5.32 Å². The third-order valence-corrected chi connectivity index (χ3v) is 3.90. The molecule has 1 N–H and O–H groups in total. The van der Waals surface area contributed by atoms with Gasteiger partial charge in [-0.25, -0.2) is 4.98 Å². The lowest BCUT2D eigenvalue weighted by atomic mass is 10.1. The molecule has 0 bridgehead atoms. The number of imidazole rings is 1. The van der Waals surface area contributed by atoms with Gasteiger partial charge in [-0.2, -0.15) is 0 Å². The number of hydrogen-bond acceptors (Lipinski definition) is 4. The maximum atomic E-state index is 12.2. The second-order valence-corrected chi connectivity index (χ2v) is 5.53. The van der Waals surface area contributed by atoms with E-state index in [0.717, 1.165) is 12.8 Å². The van der Waals surface area contributed by atoms with Crippen molar-refractivity contribution >= 4 is 11.6 Å². The molecule has 1 aromatic carbocycles. The second-order valence-electron chi connectivity index (χ2n) is 5.53. The third-order valence-electron chi connectivity index (χ3n) is 3.90. The molecule has 1 atom stereocenters. The highest BCUT2D eigenvalue weighted by molar-refractivity contribution is 5.95. The number of aromatic nitrogens is 2. The van der Waals surface area contributed by atoms with Crippen molar-refractivity contribution in [1.82, 2.24) is 14.9 Å². The zero-order chi connectivity index (χ0) is 15.7. The van der Waals surface area contributed by atoms with Crippen molar-refractivity contribution in [1.29, 1.82) is 0 Å². The van der Waals surface area contributed by atoms with E-state index < -0.39 is 4.92 Å². The minimum Gasteiger partial charge on any atom is -0.349 e. The van der Waals surface area contributed by atoms with Gasteiger partial charge in [-0.1, -0.05) is 0 Å². The predicted octanol–water partition coefficient (Wildman–Crippen LogP) is 2.31. The van der Waals surface area contributed by atoms with E-state index in [1.54, 1.807) is 29.1 Å². The highest BCUT2D eigenvalue weighted by Gasteiger charge is 2.29. The summed E-state index contributed by atoms with van der Waals surface area (Å²) >= 11 is 0. The van der Waals surface area contributed by atoms with E-state index >= 15 is 0 Å². The van der Waals surface area contributed by atoms with Gasteiger partial charge in [0, 0.05) is 30.1 Å². The van der Waals surface area contributed by atoms with Crippen LogP contribution >= 0.6 is 0 Å². The molecular weight excluding hydrogens is 284 g/mol. The van der Waals surface area contributed by atoms with Crippen molar-refractivity contribution in [3.05, 3.63) is 52.6 Å². The number of rotatable bonds is 5. The van der Waals surface area contributed by atoms with E-state index in [1.165, 1.54) is 12.4 Å². The zero-order valence-corrected chi connectivity index (χ0v) is 12.1. The van der Waals surface area contributed by atoms with Gasteiger partial charge in [0.1, 0.15) is 5.69 Å². The molecule has 1 amide bonds. The maximum Gasteiger partial charge on any atom is 0.294 e. The fourth-order valence-corrected chi connectivity index (χ4v) is 2.44. The Bertz CT molecular complexity index is 708. The number of benzene rings is 1. The van der Waals surface area contributed by atoms with Crippen LogP contribution in [0.15, 0.2) is 36.9 Å². The Kier molecular flexibility index (Phi) is 3.62. The van der Waals surface area contributed by atoms with Crippen molar-refractivity contribution in [2.24, 2.45) is 5.92 Å². The van der Waals surface area contributed by atoms with E-state index in [1.807, 2.05) is 6.92 Å². The first kappa shape index (κ1) is 14.2. The number of carbonyl (C=O) groups excluding carboxylic acids is 1. The summed E-state index contributed by atoms with van der Waals surface area (Å²) in [4.78, 5) is 26.9. The van der Waals surface area contributed by atoms with Gasteiger partial charge < -0.3 is 9.88 Å². The number of amides is 1. The number of nitrogens with zero attached hydrogens (tertiary/aromatic N) is 3. The molecule has 7 heteroatoms. The molecule has 22 heavy (non-hydrogen) atoms. The van der Waals surface area contributed by atoms with Gasteiger partial charge in [0.25, 0.3) is 11.6 Å². The molecule has 0 saturated heterocycles. The van der Waals surface area contributed by atoms with Gasteiger partial charge in [-0.05, 0) is 37.8 Å². The van der Waals surface area contributed by atoms with E-state index in [4.69, 9.17) is 0 Å². The normalized spacial score (nSPS) is 15.3. The maximum absolute atomic E-state index is 12.2. The Morgan fingerprint density at radius 3 is 2.86 bits per heavy atom. The van der Waals surface area contributed by atoms with Gasteiger partial charge in [-0.15, -0.1) is 0 Å². The molecule has 0 spiro atoms. The van der Waals surface area contributed by atoms with Gasteiger partial charge in [0.15, 0.2) is 0 Å². The summed E-state index contributed by atoms with van der Waals surface area (Å²) in [6, 6.07) is 4.57. The molecule has 114 valence electrons. The molecule has 1 heterocycles. The molecule has 1 aliphatic carbocycles. The molecule has 3 rings (SSSR count). The summed E-state index contributed by atoms with van der Waals surface area (Å²) < 4.78 is 1.55. The van der Waals surface area contributed by atoms with Gasteiger partial charge in [0.2, 0.25) is 0 Å². The number of nitrogens with one attached hydrogen (secondary N) is 1. The molecule has 0 aliphatic heterocycles. The van der Waals surface area contributed by atoms with Gasteiger partial charge in [0.05, 0.1) is 11.3 Å². The van der Waals surface area contributed by atoms with Gasteiger partial charge >= 0.3 is 0 Å². The monoisotopic (exact) mass is 300 g/mol. The summed E-state index contributed by atoms with van der Waals surface area (Å²) in [6.45, 7) is 1.96. The smallest absolute Gasteiger partial charge is 0.294 e. The summed E-state index contributed by atoms with van der Waals surface area (Å²) in [7, 11) is 0. The van der Waals surface area contributed by atoms with Crippen LogP contribution in [0.3, 0.4) is 0 Å². The summed E-state index contributed by atoms with van der Waals surface area (Å²) in [5, 5.41) is 14.2. The number of hydrogen-bond donors (Lipinski definition) is 1. The number of carbonyl (C=O) groups is 1. The molecular formula is C15H16N4O3. The topological polar surface area (TPSA) is 90.1 Å². The van der Waals surface area contributed by atoms with E-state index in [9.17, 15) is 14.9 Å². The number of nitro groups is 1. The van der Waals surface area contributed by atoms with Crippen LogP contribution in [0.1, 0.15) is 30.1 Å². The first-order chi connectivity index (χ1) is 10.6. The van der Waals surface area contributed by atoms with Crippen LogP contribution in [-0.4, -0.2) is 26.4 Å². The van der Waals surface area contributed by atoms with Crippen molar-refractivity contribution in [2.75, 3.05) is 0 Å². The van der Waals surface area contributed by atoms with Crippen LogP contribution in [0.2, 0.25) is 0 Å². The molecule has 1 fully saturated rings. The Labute approximate surface area is 127 Å². The highest BCUT2D eigenvalue weighted by atomic mass is 16.6. The quantitative estimate of drug-likeness (QED) is 0.677. The predicted molar refractivity (Wildman–Crippen MR) is 79.9 cm³/mol. The summed E-state index contributed by atoms with van der Waals surface area (Å²) in [6.07, 6.45) is 6.90. The Balaban J connectivity index is 1.88. The molecule has 1 saturated carbocycles. The van der Waals surface area contributed by atoms with E-state index in [0.29, 0.717) is 17.2 Å². The first-order valence-corrected chi connectivity index (χ1v) is 7.14. The first-order valence-electron chi connectivity index (χ1n) is 7.14. The second kappa shape index (κ2) is 5.59. The Morgan fingerprint density at radius 1 is 1.50 bits per heavy atom. The molecule has 1 aromatic heterocycles. The van der Waals surface area contributed by atoms with Crippen LogP contribution in [0, 0.1) is 16.0 Å². The fraction of sp³-hybridized carbons (Fsp3) is 0.333. The summed E-state index contributed by atoms with van der Waals surface area (Å²) in [5.41, 5.74) is 0.557. The third kappa shape index (κ3) is 2.83. The summed E-state index contributed by atoms with van der Waals surface area (Å²) in [5.74, 6) is 0.254. The average Bonchev–Trinajstić information content (AvgIpc) is 3.22. The minimum atomic E-state index is -0.490. The lowest BCUT2D eigenvalue weighted by Gasteiger charge is -2.13. The molecule has 2 aromatic rings. The van der Waals surface area contributed by atoms with Crippen LogP contribution in [-0.2, 0) is 0 Å². The lowest BCUT2D eigenvalue weighted by molar-refractivity contribution is -0.384. The average molecular weight is 300 g/mol. The fourth-order valence-electron chi connectivity index (χ4n) is 2.44. The largest absolute Gasteiger partial charge is 0.349 e. The lowest BCUT2D eigenvalue weighted by Crippen LogP contribution is -2.34. The van der Waals surface area contributed by atoms with Crippen molar-refractivity contribution in [3.8, 4) is 5.69 Å². The molecule has 1 aliphatic rings. The SMILES string of the molecule is C[C@H](NC(=O)c1ccc(-n2ccnc2)c([N+](=O)[O-])c1)C1CC1. The van der Waals surface area contributed by atoms with Crippen molar-refractivity contribution in [2.45, 2.75) is 25.8 Å². The molecule has 7 nitrogen and oxygen atoms in total. The molecule has 0 radical (unpaired) electrons. The van der Waals surface area contributed by atoms with Gasteiger partial charge in [-0.3, -0.25) is 14.9 Å². The zero-order valence-electron chi connectivity index (χ0n) is 12.1. The molecule has 0 unspecified atom stereocenters. The van der Waals surface area contributed by atoms with Crippen LogP contribution in [0.4, 0.5) is 5.69 Å². The van der Waals surface area contributed by atoms with Crippen LogP contribution in [0.5, 0.6) is 0 Å². The highest BCUT2D eigenvalue weighted by Crippen LogP contribution is 2.32. The van der Waals surface area contributed by atoms with Crippen molar-refractivity contribution < 1.29 is 9.72 Å². The Morgan fingerprint density at radius 2 is 2.27 bits per heavy atom. The number of nitro benzene ring substituents is 1. The minimum absolute atomic E-state index is 0.0971. The standard InChI is InChI=1S/C15H16N4O3/c1-10(11-2-3-11)17-15(20)12-4-5-13(14(8-12)19(21)22)18-7-6-16-9-18/h4-11H,2-3H2,1H3,(H,17,20)/t10-/m0/s1. The van der Waals surface area contributed by atoms with E-state index in [2.05, 4.69) is 10.3 Å². The van der Waals surface area contributed by atoms with Crippen molar-refractivity contribution in [3.63, 3.8) is 0 Å². The van der Waals surface area contributed by atoms with E-state index in [-0.39, 0.29) is 17.6 Å².